The smallest absolute Gasteiger partial charge is 0.120 e. The van der Waals surface area contributed by atoms with Gasteiger partial charge in [-0.05, 0) is 63.3 Å². The van der Waals surface area contributed by atoms with Crippen molar-refractivity contribution in [2.75, 3.05) is 13.2 Å². The van der Waals surface area contributed by atoms with Crippen LogP contribution in [0.3, 0.4) is 0 Å². The molecule has 1 saturated heterocycles. The number of hydrogen-bond acceptors (Lipinski definition) is 3. The summed E-state index contributed by atoms with van der Waals surface area (Å²) in [5.74, 6) is 0.413. The van der Waals surface area contributed by atoms with Crippen LogP contribution >= 0.6 is 0 Å². The van der Waals surface area contributed by atoms with Crippen LogP contribution in [0.15, 0.2) is 12.1 Å². The molecule has 2 rings (SSSR count). The highest BCUT2D eigenvalue weighted by Crippen LogP contribution is 2.28. The molecule has 3 nitrogen and oxygen atoms in total. The van der Waals surface area contributed by atoms with Crippen LogP contribution in [0.25, 0.3) is 0 Å². The maximum absolute atomic E-state index is 10.1. The van der Waals surface area contributed by atoms with Crippen LogP contribution in [0, 0.1) is 13.8 Å². The van der Waals surface area contributed by atoms with E-state index in [4.69, 9.17) is 5.11 Å². The lowest BCUT2D eigenvalue weighted by Gasteiger charge is -2.25. The summed E-state index contributed by atoms with van der Waals surface area (Å²) in [6.07, 6.45) is 4.37. The summed E-state index contributed by atoms with van der Waals surface area (Å²) in [7, 11) is 0. The van der Waals surface area contributed by atoms with Crippen molar-refractivity contribution < 1.29 is 10.2 Å². The van der Waals surface area contributed by atoms with Gasteiger partial charge in [0.2, 0.25) is 0 Å². The Kier molecular flexibility index (Phi) is 4.83. The van der Waals surface area contributed by atoms with E-state index in [0.717, 1.165) is 37.1 Å². The number of aryl methyl sites for hydroxylation is 2. The number of nitrogens with zero attached hydrogens (tertiary/aromatic N) is 1. The van der Waals surface area contributed by atoms with Gasteiger partial charge >= 0.3 is 0 Å². The molecule has 2 N–H and O–H groups in total. The topological polar surface area (TPSA) is 43.7 Å². The van der Waals surface area contributed by atoms with Crippen molar-refractivity contribution in [3.05, 3.63) is 28.8 Å². The van der Waals surface area contributed by atoms with Gasteiger partial charge in [-0.1, -0.05) is 6.07 Å². The minimum atomic E-state index is 0.277. The van der Waals surface area contributed by atoms with Crippen LogP contribution in [-0.4, -0.2) is 34.3 Å². The molecule has 1 heterocycles. The molecule has 0 bridgehead atoms. The molecule has 1 aliphatic heterocycles. The van der Waals surface area contributed by atoms with Gasteiger partial charge in [0.25, 0.3) is 0 Å². The molecule has 0 radical (unpaired) electrons. The lowest BCUT2D eigenvalue weighted by Crippen LogP contribution is -2.29. The number of rotatable bonds is 5. The standard InChI is InChI=1S/C16H25NO2/c1-12-9-14(16(19)10-13(12)2)11-17-7-3-5-15(17)6-4-8-18/h9-10,15,18-19H,3-8,11H2,1-2H3. The first-order chi connectivity index (χ1) is 9.11. The van der Waals surface area contributed by atoms with E-state index in [0.29, 0.717) is 11.8 Å². The highest BCUT2D eigenvalue weighted by Gasteiger charge is 2.24. The second-order valence-corrected chi connectivity index (χ2v) is 5.70. The Hall–Kier alpha value is -1.06. The molecule has 0 saturated carbocycles. The summed E-state index contributed by atoms with van der Waals surface area (Å²) in [4.78, 5) is 2.44. The number of aliphatic hydroxyl groups is 1. The molecule has 1 fully saturated rings. The minimum absolute atomic E-state index is 0.277. The zero-order valence-corrected chi connectivity index (χ0v) is 12.0. The number of aromatic hydroxyl groups is 1. The molecule has 1 atom stereocenters. The monoisotopic (exact) mass is 263 g/mol. The summed E-state index contributed by atoms with van der Waals surface area (Å²) >= 11 is 0. The van der Waals surface area contributed by atoms with E-state index in [1.165, 1.54) is 18.4 Å². The van der Waals surface area contributed by atoms with Crippen molar-refractivity contribution in [1.29, 1.82) is 0 Å². The summed E-state index contributed by atoms with van der Waals surface area (Å²) in [6, 6.07) is 4.53. The van der Waals surface area contributed by atoms with Crippen LogP contribution in [-0.2, 0) is 6.54 Å². The van der Waals surface area contributed by atoms with Gasteiger partial charge in [0, 0.05) is 24.8 Å². The first-order valence-electron chi connectivity index (χ1n) is 7.26. The third-order valence-corrected chi connectivity index (χ3v) is 4.26. The predicted molar refractivity (Wildman–Crippen MR) is 77.3 cm³/mol. The molecule has 0 spiro atoms. The Balaban J connectivity index is 2.05. The molecule has 0 aromatic heterocycles. The molecule has 1 unspecified atom stereocenters. The molecule has 3 heteroatoms. The summed E-state index contributed by atoms with van der Waals surface area (Å²) in [6.45, 7) is 6.31. The minimum Gasteiger partial charge on any atom is -0.508 e. The van der Waals surface area contributed by atoms with Gasteiger partial charge in [-0.15, -0.1) is 0 Å². The van der Waals surface area contributed by atoms with Crippen LogP contribution in [0.5, 0.6) is 5.75 Å². The Morgan fingerprint density at radius 1 is 1.26 bits per heavy atom. The highest BCUT2D eigenvalue weighted by molar-refractivity contribution is 5.40. The van der Waals surface area contributed by atoms with E-state index in [1.807, 2.05) is 13.0 Å². The Bertz CT molecular complexity index is 431. The van der Waals surface area contributed by atoms with Gasteiger partial charge in [0.1, 0.15) is 5.75 Å². The second-order valence-electron chi connectivity index (χ2n) is 5.70. The quantitative estimate of drug-likeness (QED) is 0.858. The van der Waals surface area contributed by atoms with E-state index in [9.17, 15) is 5.11 Å². The van der Waals surface area contributed by atoms with Gasteiger partial charge in [-0.2, -0.15) is 0 Å². The summed E-state index contributed by atoms with van der Waals surface area (Å²) in [5.41, 5.74) is 3.40. The molecule has 0 aliphatic carbocycles. The third kappa shape index (κ3) is 3.48. The first-order valence-corrected chi connectivity index (χ1v) is 7.26. The first kappa shape index (κ1) is 14.4. The lowest BCUT2D eigenvalue weighted by atomic mass is 10.0. The van der Waals surface area contributed by atoms with Gasteiger partial charge in [-0.25, -0.2) is 0 Å². The van der Waals surface area contributed by atoms with Crippen LogP contribution in [0.1, 0.15) is 42.4 Å². The van der Waals surface area contributed by atoms with Crippen molar-refractivity contribution in [1.82, 2.24) is 4.90 Å². The molecular weight excluding hydrogens is 238 g/mol. The van der Waals surface area contributed by atoms with Gasteiger partial charge in [-0.3, -0.25) is 4.90 Å². The fraction of sp³-hybridized carbons (Fsp3) is 0.625. The number of aliphatic hydroxyl groups excluding tert-OH is 1. The molecule has 1 aromatic rings. The molecular formula is C16H25NO2. The fourth-order valence-corrected chi connectivity index (χ4v) is 2.96. The van der Waals surface area contributed by atoms with Gasteiger partial charge in [0.05, 0.1) is 0 Å². The normalized spacial score (nSPS) is 20.1. The fourth-order valence-electron chi connectivity index (χ4n) is 2.96. The van der Waals surface area contributed by atoms with E-state index >= 15 is 0 Å². The average Bonchev–Trinajstić information content (AvgIpc) is 2.81. The number of likely N-dealkylation sites (tertiary alicyclic amines) is 1. The Labute approximate surface area is 115 Å². The van der Waals surface area contributed by atoms with Crippen LogP contribution < -0.4 is 0 Å². The van der Waals surface area contributed by atoms with Gasteiger partial charge in [0.15, 0.2) is 0 Å². The van der Waals surface area contributed by atoms with Crippen molar-refractivity contribution in [2.45, 2.75) is 52.1 Å². The van der Waals surface area contributed by atoms with Gasteiger partial charge < -0.3 is 10.2 Å². The maximum atomic E-state index is 10.1. The molecule has 106 valence electrons. The van der Waals surface area contributed by atoms with Crippen LogP contribution in [0.4, 0.5) is 0 Å². The van der Waals surface area contributed by atoms with Crippen molar-refractivity contribution in [2.24, 2.45) is 0 Å². The summed E-state index contributed by atoms with van der Waals surface area (Å²) < 4.78 is 0. The SMILES string of the molecule is Cc1cc(O)c(CN2CCCC2CCCO)cc1C. The van der Waals surface area contributed by atoms with Crippen molar-refractivity contribution in [3.8, 4) is 5.75 Å². The Morgan fingerprint density at radius 3 is 2.74 bits per heavy atom. The largest absolute Gasteiger partial charge is 0.508 e. The zero-order chi connectivity index (χ0) is 13.8. The molecule has 19 heavy (non-hydrogen) atoms. The third-order valence-electron chi connectivity index (χ3n) is 4.26. The number of benzene rings is 1. The predicted octanol–water partition coefficient (Wildman–Crippen LogP) is 2.75. The van der Waals surface area contributed by atoms with E-state index in [2.05, 4.69) is 17.9 Å². The Morgan fingerprint density at radius 2 is 2.00 bits per heavy atom. The van der Waals surface area contributed by atoms with E-state index < -0.39 is 0 Å². The second kappa shape index (κ2) is 6.40. The average molecular weight is 263 g/mol. The van der Waals surface area contributed by atoms with Crippen molar-refractivity contribution in [3.63, 3.8) is 0 Å². The van der Waals surface area contributed by atoms with Crippen LogP contribution in [0.2, 0.25) is 0 Å². The summed E-state index contributed by atoms with van der Waals surface area (Å²) in [5, 5.41) is 19.0. The van der Waals surface area contributed by atoms with Crippen molar-refractivity contribution >= 4 is 0 Å². The molecule has 1 aromatic carbocycles. The highest BCUT2D eigenvalue weighted by atomic mass is 16.3. The van der Waals surface area contributed by atoms with E-state index in [-0.39, 0.29) is 6.61 Å². The molecule has 0 amide bonds. The molecule has 1 aliphatic rings. The number of hydrogen-bond donors (Lipinski definition) is 2. The number of phenolic OH excluding ortho intramolecular Hbond substituents is 1. The maximum Gasteiger partial charge on any atom is 0.120 e. The van der Waals surface area contributed by atoms with E-state index in [1.54, 1.807) is 0 Å². The zero-order valence-electron chi connectivity index (χ0n) is 12.0. The number of phenols is 1. The lowest BCUT2D eigenvalue weighted by molar-refractivity contribution is 0.208.